The van der Waals surface area contributed by atoms with Gasteiger partial charge in [-0.1, -0.05) is 17.7 Å². The topological polar surface area (TPSA) is 68.3 Å². The number of methoxy groups -OCH3 is 1. The van der Waals surface area contributed by atoms with Crippen LogP contribution in [0, 0.1) is 6.92 Å². The Bertz CT molecular complexity index is 820. The molecule has 2 N–H and O–H groups in total. The van der Waals surface area contributed by atoms with Crippen molar-refractivity contribution in [1.82, 2.24) is 9.97 Å². The molecule has 0 aliphatic rings. The second-order valence-corrected chi connectivity index (χ2v) is 5.73. The van der Waals surface area contributed by atoms with Crippen molar-refractivity contribution in [2.45, 2.75) is 6.92 Å². The minimum atomic E-state index is 0.525. The molecule has 0 saturated heterocycles. The first-order chi connectivity index (χ1) is 12.7. The molecular weight excluding hydrogens is 328 g/mol. The zero-order valence-electron chi connectivity index (χ0n) is 14.9. The van der Waals surface area contributed by atoms with Gasteiger partial charge in [0, 0.05) is 11.8 Å². The van der Waals surface area contributed by atoms with E-state index in [1.54, 1.807) is 7.11 Å². The van der Waals surface area contributed by atoms with Gasteiger partial charge in [0.25, 0.3) is 0 Å². The summed E-state index contributed by atoms with van der Waals surface area (Å²) in [6, 6.07) is 17.5. The van der Waals surface area contributed by atoms with Crippen molar-refractivity contribution in [3.8, 4) is 11.5 Å². The molecule has 3 aromatic rings. The predicted octanol–water partition coefficient (Wildman–Crippen LogP) is 4.03. The Morgan fingerprint density at radius 1 is 0.885 bits per heavy atom. The number of hydrogen-bond acceptors (Lipinski definition) is 6. The van der Waals surface area contributed by atoms with Crippen molar-refractivity contribution in [3.63, 3.8) is 0 Å². The molecule has 0 aliphatic heterocycles. The number of rotatable bonds is 8. The van der Waals surface area contributed by atoms with Gasteiger partial charge in [0.1, 0.15) is 36.1 Å². The molecule has 0 fully saturated rings. The quantitative estimate of drug-likeness (QED) is 0.598. The SMILES string of the molecule is COc1ccc(OCCNc2cc(Nc3ccc(C)cc3)ncn2)cc1. The lowest BCUT2D eigenvalue weighted by Gasteiger charge is -2.10. The lowest BCUT2D eigenvalue weighted by Crippen LogP contribution is -2.12. The van der Waals surface area contributed by atoms with E-state index in [0.29, 0.717) is 13.2 Å². The number of benzene rings is 2. The second kappa shape index (κ2) is 8.71. The fourth-order valence-electron chi connectivity index (χ4n) is 2.33. The third-order valence-electron chi connectivity index (χ3n) is 3.73. The normalized spacial score (nSPS) is 10.2. The average molecular weight is 350 g/mol. The van der Waals surface area contributed by atoms with Gasteiger partial charge in [-0.25, -0.2) is 9.97 Å². The first kappa shape index (κ1) is 17.5. The summed E-state index contributed by atoms with van der Waals surface area (Å²) in [7, 11) is 1.64. The fourth-order valence-corrected chi connectivity index (χ4v) is 2.33. The largest absolute Gasteiger partial charge is 0.497 e. The molecule has 0 spiro atoms. The van der Waals surface area contributed by atoms with Crippen LogP contribution in [-0.2, 0) is 0 Å². The minimum Gasteiger partial charge on any atom is -0.497 e. The third kappa shape index (κ3) is 5.11. The van der Waals surface area contributed by atoms with Crippen LogP contribution in [0.15, 0.2) is 60.9 Å². The number of ether oxygens (including phenoxy) is 2. The van der Waals surface area contributed by atoms with Crippen molar-refractivity contribution >= 4 is 17.3 Å². The average Bonchev–Trinajstić information content (AvgIpc) is 2.68. The Kier molecular flexibility index (Phi) is 5.88. The van der Waals surface area contributed by atoms with Crippen molar-refractivity contribution in [1.29, 1.82) is 0 Å². The Morgan fingerprint density at radius 3 is 2.31 bits per heavy atom. The molecule has 1 heterocycles. The smallest absolute Gasteiger partial charge is 0.135 e. The van der Waals surface area contributed by atoms with Crippen LogP contribution in [0.1, 0.15) is 5.56 Å². The Hall–Kier alpha value is -3.28. The molecular formula is C20H22N4O2. The summed E-state index contributed by atoms with van der Waals surface area (Å²) in [4.78, 5) is 8.47. The van der Waals surface area contributed by atoms with Gasteiger partial charge in [0.2, 0.25) is 0 Å². The predicted molar refractivity (Wildman–Crippen MR) is 103 cm³/mol. The maximum atomic E-state index is 5.69. The first-order valence-corrected chi connectivity index (χ1v) is 8.39. The summed E-state index contributed by atoms with van der Waals surface area (Å²) in [5.41, 5.74) is 2.21. The van der Waals surface area contributed by atoms with Crippen LogP contribution in [-0.4, -0.2) is 30.2 Å². The molecule has 134 valence electrons. The zero-order chi connectivity index (χ0) is 18.2. The van der Waals surface area contributed by atoms with E-state index >= 15 is 0 Å². The van der Waals surface area contributed by atoms with Gasteiger partial charge in [0.05, 0.1) is 13.7 Å². The van der Waals surface area contributed by atoms with Gasteiger partial charge >= 0.3 is 0 Å². The van der Waals surface area contributed by atoms with Crippen LogP contribution in [0.2, 0.25) is 0 Å². The van der Waals surface area contributed by atoms with Gasteiger partial charge in [-0.3, -0.25) is 0 Å². The second-order valence-electron chi connectivity index (χ2n) is 5.73. The standard InChI is InChI=1S/C20H22N4O2/c1-15-3-5-16(6-4-15)24-20-13-19(22-14-23-20)21-11-12-26-18-9-7-17(25-2)8-10-18/h3-10,13-14H,11-12H2,1-2H3,(H2,21,22,23,24). The van der Waals surface area contributed by atoms with Gasteiger partial charge in [-0.15, -0.1) is 0 Å². The number of hydrogen-bond donors (Lipinski definition) is 2. The van der Waals surface area contributed by atoms with E-state index in [4.69, 9.17) is 9.47 Å². The Morgan fingerprint density at radius 2 is 1.58 bits per heavy atom. The molecule has 6 nitrogen and oxygen atoms in total. The number of nitrogens with one attached hydrogen (secondary N) is 2. The molecule has 0 bridgehead atoms. The lowest BCUT2D eigenvalue weighted by molar-refractivity contribution is 0.331. The van der Waals surface area contributed by atoms with Crippen molar-refractivity contribution < 1.29 is 9.47 Å². The summed E-state index contributed by atoms with van der Waals surface area (Å²) in [5.74, 6) is 3.09. The van der Waals surface area contributed by atoms with Gasteiger partial charge in [-0.05, 0) is 43.3 Å². The van der Waals surface area contributed by atoms with Gasteiger partial charge < -0.3 is 20.1 Å². The highest BCUT2D eigenvalue weighted by atomic mass is 16.5. The highest BCUT2D eigenvalue weighted by Gasteiger charge is 2.00. The van der Waals surface area contributed by atoms with Crippen molar-refractivity contribution in [2.24, 2.45) is 0 Å². The third-order valence-corrected chi connectivity index (χ3v) is 3.73. The van der Waals surface area contributed by atoms with Crippen LogP contribution in [0.3, 0.4) is 0 Å². The van der Waals surface area contributed by atoms with Crippen LogP contribution in [0.5, 0.6) is 11.5 Å². The molecule has 0 atom stereocenters. The molecule has 0 aliphatic carbocycles. The zero-order valence-corrected chi connectivity index (χ0v) is 14.9. The lowest BCUT2D eigenvalue weighted by atomic mass is 10.2. The minimum absolute atomic E-state index is 0.525. The van der Waals surface area contributed by atoms with E-state index < -0.39 is 0 Å². The van der Waals surface area contributed by atoms with E-state index in [-0.39, 0.29) is 0 Å². The summed E-state index contributed by atoms with van der Waals surface area (Å²) in [6.07, 6.45) is 1.53. The highest BCUT2D eigenvalue weighted by Crippen LogP contribution is 2.18. The molecule has 2 aromatic carbocycles. The van der Waals surface area contributed by atoms with Crippen LogP contribution in [0.25, 0.3) is 0 Å². The summed E-state index contributed by atoms with van der Waals surface area (Å²) >= 11 is 0. The fraction of sp³-hybridized carbons (Fsp3) is 0.200. The Balaban J connectivity index is 1.48. The molecule has 0 unspecified atom stereocenters. The van der Waals surface area contributed by atoms with Crippen LogP contribution in [0.4, 0.5) is 17.3 Å². The number of anilines is 3. The number of aryl methyl sites for hydroxylation is 1. The van der Waals surface area contributed by atoms with E-state index in [1.807, 2.05) is 42.5 Å². The van der Waals surface area contributed by atoms with Crippen LogP contribution >= 0.6 is 0 Å². The summed E-state index contributed by atoms with van der Waals surface area (Å²) in [6.45, 7) is 3.22. The van der Waals surface area contributed by atoms with E-state index in [1.165, 1.54) is 11.9 Å². The molecule has 0 saturated carbocycles. The summed E-state index contributed by atoms with van der Waals surface area (Å²) in [5, 5.41) is 6.50. The number of nitrogens with zero attached hydrogens (tertiary/aromatic N) is 2. The molecule has 6 heteroatoms. The van der Waals surface area contributed by atoms with E-state index in [0.717, 1.165) is 28.8 Å². The molecule has 3 rings (SSSR count). The van der Waals surface area contributed by atoms with Crippen molar-refractivity contribution in [2.75, 3.05) is 30.9 Å². The first-order valence-electron chi connectivity index (χ1n) is 8.39. The van der Waals surface area contributed by atoms with Crippen LogP contribution < -0.4 is 20.1 Å². The molecule has 1 aromatic heterocycles. The number of aromatic nitrogens is 2. The maximum absolute atomic E-state index is 5.69. The highest BCUT2D eigenvalue weighted by molar-refractivity contribution is 5.59. The monoisotopic (exact) mass is 350 g/mol. The van der Waals surface area contributed by atoms with Gasteiger partial charge in [-0.2, -0.15) is 0 Å². The van der Waals surface area contributed by atoms with Crippen molar-refractivity contribution in [3.05, 3.63) is 66.5 Å². The Labute approximate surface area is 153 Å². The van der Waals surface area contributed by atoms with E-state index in [2.05, 4.69) is 39.7 Å². The maximum Gasteiger partial charge on any atom is 0.135 e. The molecule has 0 radical (unpaired) electrons. The summed E-state index contributed by atoms with van der Waals surface area (Å²) < 4.78 is 10.8. The molecule has 26 heavy (non-hydrogen) atoms. The molecule has 0 amide bonds. The van der Waals surface area contributed by atoms with Gasteiger partial charge in [0.15, 0.2) is 0 Å². The van der Waals surface area contributed by atoms with E-state index in [9.17, 15) is 0 Å².